The molecule has 1 rings (SSSR count). The fourth-order valence-electron chi connectivity index (χ4n) is 1.54. The maximum Gasteiger partial charge on any atom is 0.325 e. The Hall–Kier alpha value is -1.43. The van der Waals surface area contributed by atoms with Crippen LogP contribution in [0.2, 0.25) is 0 Å². The van der Waals surface area contributed by atoms with Crippen molar-refractivity contribution in [2.75, 3.05) is 13.2 Å². The smallest absolute Gasteiger partial charge is 0.325 e. The number of esters is 1. The highest BCUT2D eigenvalue weighted by Crippen LogP contribution is 2.12. The number of hydrogen-bond acceptors (Lipinski definition) is 4. The Morgan fingerprint density at radius 1 is 1.47 bits per heavy atom. The summed E-state index contributed by atoms with van der Waals surface area (Å²) in [5.41, 5.74) is 0.486. The maximum absolute atomic E-state index is 12.3. The highest BCUT2D eigenvalue weighted by Gasteiger charge is 2.22. The van der Waals surface area contributed by atoms with Gasteiger partial charge in [-0.3, -0.25) is 9.59 Å². The SMILES string of the molecule is CCOC(=O)CN(C(=O)c1ccnc(Br)c1)C(C)C. The quantitative estimate of drug-likeness (QED) is 0.614. The molecule has 0 radical (unpaired) electrons. The van der Waals surface area contributed by atoms with E-state index in [1.165, 1.54) is 4.90 Å². The standard InChI is InChI=1S/C13H17BrN2O3/c1-4-19-12(17)8-16(9(2)3)13(18)10-5-6-15-11(14)7-10/h5-7,9H,4,8H2,1-3H3. The Labute approximate surface area is 121 Å². The van der Waals surface area contributed by atoms with Crippen LogP contribution in [0, 0.1) is 0 Å². The lowest BCUT2D eigenvalue weighted by atomic mass is 10.2. The fourth-order valence-corrected chi connectivity index (χ4v) is 1.90. The number of halogens is 1. The molecule has 0 fully saturated rings. The third-order valence-corrected chi connectivity index (χ3v) is 2.90. The molecule has 19 heavy (non-hydrogen) atoms. The van der Waals surface area contributed by atoms with Gasteiger partial charge >= 0.3 is 5.97 Å². The third kappa shape index (κ3) is 4.63. The molecule has 6 heteroatoms. The molecule has 1 aromatic rings. The molecular formula is C13H17BrN2O3. The summed E-state index contributed by atoms with van der Waals surface area (Å²) >= 11 is 3.22. The number of nitrogens with zero attached hydrogens (tertiary/aromatic N) is 2. The van der Waals surface area contributed by atoms with Crippen molar-refractivity contribution in [1.29, 1.82) is 0 Å². The minimum Gasteiger partial charge on any atom is -0.465 e. The van der Waals surface area contributed by atoms with Crippen molar-refractivity contribution in [1.82, 2.24) is 9.88 Å². The van der Waals surface area contributed by atoms with E-state index in [-0.39, 0.29) is 18.5 Å². The molecule has 0 unspecified atom stereocenters. The molecule has 1 heterocycles. The predicted molar refractivity (Wildman–Crippen MR) is 74.7 cm³/mol. The third-order valence-electron chi connectivity index (χ3n) is 2.46. The first kappa shape index (κ1) is 15.6. The summed E-state index contributed by atoms with van der Waals surface area (Å²) in [4.78, 5) is 29.3. The van der Waals surface area contributed by atoms with Crippen LogP contribution in [-0.2, 0) is 9.53 Å². The van der Waals surface area contributed by atoms with Gasteiger partial charge < -0.3 is 9.64 Å². The van der Waals surface area contributed by atoms with Gasteiger partial charge in [0.25, 0.3) is 5.91 Å². The second kappa shape index (κ2) is 7.23. The molecule has 0 aliphatic heterocycles. The lowest BCUT2D eigenvalue weighted by molar-refractivity contribution is -0.144. The number of ether oxygens (including phenoxy) is 1. The molecule has 0 N–H and O–H groups in total. The summed E-state index contributed by atoms with van der Waals surface area (Å²) in [6.07, 6.45) is 1.54. The maximum atomic E-state index is 12.3. The molecule has 0 bridgehead atoms. The number of amides is 1. The van der Waals surface area contributed by atoms with E-state index in [4.69, 9.17) is 4.74 Å². The van der Waals surface area contributed by atoms with Crippen LogP contribution in [0.15, 0.2) is 22.9 Å². The monoisotopic (exact) mass is 328 g/mol. The number of pyridine rings is 1. The van der Waals surface area contributed by atoms with Gasteiger partial charge in [0.1, 0.15) is 11.1 Å². The van der Waals surface area contributed by atoms with E-state index in [0.717, 1.165) is 0 Å². The highest BCUT2D eigenvalue weighted by atomic mass is 79.9. The van der Waals surface area contributed by atoms with Gasteiger partial charge in [-0.05, 0) is 48.8 Å². The number of carbonyl (C=O) groups is 2. The minimum absolute atomic E-state index is 0.0513. The Bertz CT molecular complexity index is 463. The normalized spacial score (nSPS) is 10.4. The first-order valence-corrected chi connectivity index (χ1v) is 6.83. The van der Waals surface area contributed by atoms with Crippen molar-refractivity contribution < 1.29 is 14.3 Å². The summed E-state index contributed by atoms with van der Waals surface area (Å²) in [6.45, 7) is 5.70. The number of aromatic nitrogens is 1. The molecule has 5 nitrogen and oxygen atoms in total. The Morgan fingerprint density at radius 3 is 2.68 bits per heavy atom. The van der Waals surface area contributed by atoms with Crippen molar-refractivity contribution in [3.8, 4) is 0 Å². The van der Waals surface area contributed by atoms with Gasteiger partial charge in [0.15, 0.2) is 0 Å². The Kier molecular flexibility index (Phi) is 5.95. The van der Waals surface area contributed by atoms with E-state index in [1.54, 1.807) is 25.3 Å². The summed E-state index contributed by atoms with van der Waals surface area (Å²) in [6, 6.07) is 3.15. The molecule has 0 aliphatic rings. The molecule has 0 aliphatic carbocycles. The van der Waals surface area contributed by atoms with Crippen molar-refractivity contribution in [3.05, 3.63) is 28.5 Å². The molecule has 0 saturated carbocycles. The van der Waals surface area contributed by atoms with Crippen LogP contribution in [0.25, 0.3) is 0 Å². The average molecular weight is 329 g/mol. The van der Waals surface area contributed by atoms with Gasteiger partial charge in [-0.25, -0.2) is 4.98 Å². The van der Waals surface area contributed by atoms with Crippen LogP contribution in [0.1, 0.15) is 31.1 Å². The molecule has 0 atom stereocenters. The second-order valence-electron chi connectivity index (χ2n) is 4.20. The summed E-state index contributed by atoms with van der Waals surface area (Å²) in [7, 11) is 0. The molecular weight excluding hydrogens is 312 g/mol. The fraction of sp³-hybridized carbons (Fsp3) is 0.462. The topological polar surface area (TPSA) is 59.5 Å². The van der Waals surface area contributed by atoms with Gasteiger partial charge in [0.05, 0.1) is 6.61 Å². The van der Waals surface area contributed by atoms with Gasteiger partial charge in [0.2, 0.25) is 0 Å². The van der Waals surface area contributed by atoms with E-state index in [1.807, 2.05) is 13.8 Å². The van der Waals surface area contributed by atoms with Crippen LogP contribution in [0.5, 0.6) is 0 Å². The first-order valence-electron chi connectivity index (χ1n) is 6.03. The van der Waals surface area contributed by atoms with Crippen molar-refractivity contribution in [3.63, 3.8) is 0 Å². The summed E-state index contributed by atoms with van der Waals surface area (Å²) in [5.74, 6) is -0.621. The summed E-state index contributed by atoms with van der Waals surface area (Å²) in [5, 5.41) is 0. The van der Waals surface area contributed by atoms with E-state index in [2.05, 4.69) is 20.9 Å². The van der Waals surface area contributed by atoms with Crippen LogP contribution < -0.4 is 0 Å². The Balaban J connectivity index is 2.87. The minimum atomic E-state index is -0.405. The average Bonchev–Trinajstić information content (AvgIpc) is 2.35. The van der Waals surface area contributed by atoms with Crippen LogP contribution in [0.4, 0.5) is 0 Å². The Morgan fingerprint density at radius 2 is 2.16 bits per heavy atom. The zero-order chi connectivity index (χ0) is 14.4. The first-order chi connectivity index (χ1) is 8.95. The molecule has 0 spiro atoms. The zero-order valence-corrected chi connectivity index (χ0v) is 12.8. The predicted octanol–water partition coefficient (Wildman–Crippen LogP) is 2.26. The lowest BCUT2D eigenvalue weighted by Gasteiger charge is -2.25. The van der Waals surface area contributed by atoms with Crippen LogP contribution in [0.3, 0.4) is 0 Å². The number of rotatable bonds is 5. The van der Waals surface area contributed by atoms with E-state index >= 15 is 0 Å². The second-order valence-corrected chi connectivity index (χ2v) is 5.01. The van der Waals surface area contributed by atoms with E-state index < -0.39 is 5.97 Å². The van der Waals surface area contributed by atoms with E-state index in [0.29, 0.717) is 16.8 Å². The molecule has 0 aromatic carbocycles. The molecule has 0 saturated heterocycles. The largest absolute Gasteiger partial charge is 0.465 e. The molecule has 1 amide bonds. The van der Waals surface area contributed by atoms with Crippen LogP contribution >= 0.6 is 15.9 Å². The van der Waals surface area contributed by atoms with Gasteiger partial charge in [-0.2, -0.15) is 0 Å². The number of carbonyl (C=O) groups excluding carboxylic acids is 2. The van der Waals surface area contributed by atoms with Gasteiger partial charge in [0, 0.05) is 17.8 Å². The van der Waals surface area contributed by atoms with Crippen molar-refractivity contribution in [2.24, 2.45) is 0 Å². The van der Waals surface area contributed by atoms with Crippen LogP contribution in [-0.4, -0.2) is 41.0 Å². The van der Waals surface area contributed by atoms with Gasteiger partial charge in [-0.1, -0.05) is 0 Å². The van der Waals surface area contributed by atoms with Gasteiger partial charge in [-0.15, -0.1) is 0 Å². The zero-order valence-electron chi connectivity index (χ0n) is 11.2. The summed E-state index contributed by atoms with van der Waals surface area (Å²) < 4.78 is 5.46. The lowest BCUT2D eigenvalue weighted by Crippen LogP contribution is -2.41. The molecule has 1 aromatic heterocycles. The van der Waals surface area contributed by atoms with E-state index in [9.17, 15) is 9.59 Å². The highest BCUT2D eigenvalue weighted by molar-refractivity contribution is 9.10. The molecule has 104 valence electrons. The van der Waals surface area contributed by atoms with Crippen molar-refractivity contribution in [2.45, 2.75) is 26.8 Å². The van der Waals surface area contributed by atoms with Crippen molar-refractivity contribution >= 4 is 27.8 Å². The number of hydrogen-bond donors (Lipinski definition) is 0.